The van der Waals surface area contributed by atoms with Gasteiger partial charge in [0.2, 0.25) is 5.91 Å². The number of hydrogen-bond acceptors (Lipinski definition) is 6. The first-order valence-corrected chi connectivity index (χ1v) is 12.9. The van der Waals surface area contributed by atoms with Crippen LogP contribution in [0.25, 0.3) is 0 Å². The third kappa shape index (κ3) is 4.28. The zero-order valence-electron chi connectivity index (χ0n) is 18.5. The number of ketones is 1. The molecule has 0 radical (unpaired) electrons. The van der Waals surface area contributed by atoms with E-state index >= 15 is 0 Å². The second kappa shape index (κ2) is 9.86. The summed E-state index contributed by atoms with van der Waals surface area (Å²) in [7, 11) is 0. The normalized spacial score (nSPS) is 20.0. The van der Waals surface area contributed by atoms with Gasteiger partial charge in [0, 0.05) is 11.4 Å². The standard InChI is InChI=1S/C26H18Cl2FN3O2S2/c27-18-5-2-1-4-17(18)24-21(33)13-26(32(35)25(24)34,15-10-11-36-14-15)22-6-3-7-23(31-22)30-20-9-8-16(29)12-19(20)28/h1-12,14,24,35H,13H2,(H,30,31). The number of carbonyl (C=O) groups is 2. The summed E-state index contributed by atoms with van der Waals surface area (Å²) in [5, 5.41) is 7.36. The van der Waals surface area contributed by atoms with E-state index < -0.39 is 23.2 Å². The van der Waals surface area contributed by atoms with Crippen LogP contribution in [0, 0.1) is 5.82 Å². The summed E-state index contributed by atoms with van der Waals surface area (Å²) in [6.45, 7) is 0. The van der Waals surface area contributed by atoms with Crippen LogP contribution in [-0.4, -0.2) is 21.0 Å². The summed E-state index contributed by atoms with van der Waals surface area (Å²) in [5.41, 5.74) is 0.815. The minimum absolute atomic E-state index is 0.0530. The van der Waals surface area contributed by atoms with Crippen LogP contribution >= 0.6 is 47.4 Å². The van der Waals surface area contributed by atoms with Crippen LogP contribution in [0.5, 0.6) is 0 Å². The number of thiophene rings is 1. The summed E-state index contributed by atoms with van der Waals surface area (Å²) in [4.78, 5) is 32.0. The summed E-state index contributed by atoms with van der Waals surface area (Å²) in [6, 6.07) is 17.9. The molecule has 2 aromatic carbocycles. The van der Waals surface area contributed by atoms with E-state index in [1.54, 1.807) is 42.5 Å². The maximum absolute atomic E-state index is 13.7. The number of rotatable bonds is 5. The number of carbonyl (C=O) groups excluding carboxylic acids is 2. The molecule has 0 saturated carbocycles. The molecule has 5 nitrogen and oxygen atoms in total. The first-order valence-electron chi connectivity index (χ1n) is 10.8. The van der Waals surface area contributed by atoms with Gasteiger partial charge in [0.1, 0.15) is 23.1 Å². The highest BCUT2D eigenvalue weighted by molar-refractivity contribution is 7.78. The number of anilines is 2. The average molecular weight is 558 g/mol. The minimum atomic E-state index is -1.25. The number of amides is 1. The van der Waals surface area contributed by atoms with E-state index in [0.717, 1.165) is 0 Å². The number of thiol groups is 1. The van der Waals surface area contributed by atoms with Crippen molar-refractivity contribution in [1.29, 1.82) is 0 Å². The molecule has 10 heteroatoms. The first kappa shape index (κ1) is 24.8. The molecule has 1 fully saturated rings. The van der Waals surface area contributed by atoms with Gasteiger partial charge in [-0.1, -0.05) is 60.3 Å². The molecule has 3 heterocycles. The lowest BCUT2D eigenvalue weighted by molar-refractivity contribution is -0.142. The van der Waals surface area contributed by atoms with E-state index in [1.165, 1.54) is 33.8 Å². The van der Waals surface area contributed by atoms with Gasteiger partial charge in [0.05, 0.1) is 16.4 Å². The Bertz CT molecular complexity index is 1470. The van der Waals surface area contributed by atoms with Crippen LogP contribution in [0.1, 0.15) is 29.2 Å². The van der Waals surface area contributed by atoms with Crippen LogP contribution in [-0.2, 0) is 15.1 Å². The van der Waals surface area contributed by atoms with Gasteiger partial charge in [-0.3, -0.25) is 13.9 Å². The average Bonchev–Trinajstić information content (AvgIpc) is 3.40. The predicted octanol–water partition coefficient (Wildman–Crippen LogP) is 7.01. The lowest BCUT2D eigenvalue weighted by Gasteiger charge is -2.45. The lowest BCUT2D eigenvalue weighted by Crippen LogP contribution is -2.54. The van der Waals surface area contributed by atoms with E-state index in [4.69, 9.17) is 28.2 Å². The van der Waals surface area contributed by atoms with Crippen LogP contribution in [0.15, 0.2) is 77.5 Å². The highest BCUT2D eigenvalue weighted by Crippen LogP contribution is 2.48. The minimum Gasteiger partial charge on any atom is -0.339 e. The van der Waals surface area contributed by atoms with E-state index in [1.807, 2.05) is 16.8 Å². The number of nitrogens with zero attached hydrogens (tertiary/aromatic N) is 2. The summed E-state index contributed by atoms with van der Waals surface area (Å²) >= 11 is 18.6. The first-order chi connectivity index (χ1) is 17.3. The molecular weight excluding hydrogens is 540 g/mol. The van der Waals surface area contributed by atoms with Crippen LogP contribution in [0.4, 0.5) is 15.9 Å². The molecule has 1 saturated heterocycles. The van der Waals surface area contributed by atoms with Crippen molar-refractivity contribution in [2.45, 2.75) is 17.9 Å². The summed E-state index contributed by atoms with van der Waals surface area (Å²) in [5.74, 6) is -1.89. The second-order valence-corrected chi connectivity index (χ2v) is 10.3. The number of aromatic nitrogens is 1. The molecule has 36 heavy (non-hydrogen) atoms. The number of hydrogen-bond donors (Lipinski definition) is 2. The molecular formula is C26H18Cl2FN3O2S2. The molecule has 2 atom stereocenters. The molecule has 0 aliphatic carbocycles. The topological polar surface area (TPSA) is 62.3 Å². The zero-order valence-corrected chi connectivity index (χ0v) is 21.7. The second-order valence-electron chi connectivity index (χ2n) is 8.28. The van der Waals surface area contributed by atoms with Crippen molar-refractivity contribution >= 4 is 70.5 Å². The zero-order chi connectivity index (χ0) is 25.4. The van der Waals surface area contributed by atoms with Gasteiger partial charge < -0.3 is 5.32 Å². The molecule has 0 bridgehead atoms. The lowest BCUT2D eigenvalue weighted by atomic mass is 9.75. The predicted molar refractivity (Wildman–Crippen MR) is 144 cm³/mol. The molecule has 2 unspecified atom stereocenters. The van der Waals surface area contributed by atoms with Gasteiger partial charge in [0.25, 0.3) is 0 Å². The number of pyridine rings is 1. The van der Waals surface area contributed by atoms with Gasteiger partial charge in [-0.25, -0.2) is 9.37 Å². The van der Waals surface area contributed by atoms with Gasteiger partial charge in [0.15, 0.2) is 5.78 Å². The van der Waals surface area contributed by atoms with E-state index in [0.29, 0.717) is 33.3 Å². The molecule has 5 rings (SSSR count). The van der Waals surface area contributed by atoms with Crippen LogP contribution in [0.3, 0.4) is 0 Å². The van der Waals surface area contributed by atoms with Crippen molar-refractivity contribution in [2.75, 3.05) is 5.32 Å². The summed E-state index contributed by atoms with van der Waals surface area (Å²) in [6.07, 6.45) is -0.0530. The van der Waals surface area contributed by atoms with E-state index in [2.05, 4.69) is 18.1 Å². The van der Waals surface area contributed by atoms with Crippen molar-refractivity contribution in [3.63, 3.8) is 0 Å². The number of benzene rings is 2. The Morgan fingerprint density at radius 3 is 2.58 bits per heavy atom. The van der Waals surface area contributed by atoms with E-state index in [9.17, 15) is 14.0 Å². The molecule has 2 aromatic heterocycles. The maximum atomic E-state index is 13.7. The number of halogens is 3. The van der Waals surface area contributed by atoms with Crippen LogP contribution < -0.4 is 5.32 Å². The molecule has 1 amide bonds. The fourth-order valence-corrected chi connectivity index (χ4v) is 6.01. The van der Waals surface area contributed by atoms with Crippen molar-refractivity contribution in [2.24, 2.45) is 0 Å². The molecule has 0 spiro atoms. The SMILES string of the molecule is O=C1CC(c2ccsc2)(c2cccc(Nc3ccc(F)cc3Cl)n2)N(S)C(=O)C1c1ccccc1Cl. The summed E-state index contributed by atoms with van der Waals surface area (Å²) < 4.78 is 14.8. The van der Waals surface area contributed by atoms with Crippen molar-refractivity contribution < 1.29 is 14.0 Å². The molecule has 1 N–H and O–H groups in total. The molecule has 1 aliphatic rings. The highest BCUT2D eigenvalue weighted by Gasteiger charge is 2.53. The Morgan fingerprint density at radius 2 is 1.86 bits per heavy atom. The van der Waals surface area contributed by atoms with E-state index in [-0.39, 0.29) is 17.2 Å². The number of piperidine rings is 1. The molecule has 4 aromatic rings. The Labute approximate surface area is 226 Å². The number of Topliss-reactive ketones (excluding diaryl/α,β-unsaturated/α-hetero) is 1. The third-order valence-electron chi connectivity index (χ3n) is 6.15. The third-order valence-corrected chi connectivity index (χ3v) is 8.03. The van der Waals surface area contributed by atoms with Crippen LogP contribution in [0.2, 0.25) is 10.0 Å². The Morgan fingerprint density at radius 1 is 1.06 bits per heavy atom. The number of nitrogens with one attached hydrogen (secondary N) is 1. The largest absolute Gasteiger partial charge is 0.339 e. The molecule has 1 aliphatic heterocycles. The Hall–Kier alpha value is -2.91. The smallest absolute Gasteiger partial charge is 0.248 e. The Kier molecular flexibility index (Phi) is 6.78. The Balaban J connectivity index is 1.59. The van der Waals surface area contributed by atoms with Crippen molar-refractivity contribution in [3.05, 3.63) is 110 Å². The highest BCUT2D eigenvalue weighted by atomic mass is 35.5. The fourth-order valence-electron chi connectivity index (χ4n) is 4.43. The van der Waals surface area contributed by atoms with Gasteiger partial charge in [-0.15, -0.1) is 0 Å². The fraction of sp³-hybridized carbons (Fsp3) is 0.115. The maximum Gasteiger partial charge on any atom is 0.248 e. The van der Waals surface area contributed by atoms with Gasteiger partial charge in [-0.05, 0) is 64.4 Å². The monoisotopic (exact) mass is 557 g/mol. The van der Waals surface area contributed by atoms with Crippen molar-refractivity contribution in [1.82, 2.24) is 9.29 Å². The van der Waals surface area contributed by atoms with Gasteiger partial charge in [-0.2, -0.15) is 11.3 Å². The van der Waals surface area contributed by atoms with Crippen molar-refractivity contribution in [3.8, 4) is 0 Å². The van der Waals surface area contributed by atoms with Gasteiger partial charge >= 0.3 is 0 Å². The quantitative estimate of drug-likeness (QED) is 0.205. The molecule has 182 valence electrons.